The SMILES string of the molecule is CCOC(=O)CCCNS(=O)(=O)c1ccc(OC)c(Cl)c1. The van der Waals surface area contributed by atoms with Crippen LogP contribution in [0, 0.1) is 0 Å². The van der Waals surface area contributed by atoms with Gasteiger partial charge in [-0.1, -0.05) is 11.6 Å². The van der Waals surface area contributed by atoms with Gasteiger partial charge in [-0.05, 0) is 31.5 Å². The molecule has 1 aromatic rings. The molecular weight excluding hydrogens is 318 g/mol. The molecule has 0 spiro atoms. The van der Waals surface area contributed by atoms with Gasteiger partial charge in [0.1, 0.15) is 5.75 Å². The van der Waals surface area contributed by atoms with Crippen LogP contribution in [0.2, 0.25) is 5.02 Å². The van der Waals surface area contributed by atoms with Gasteiger partial charge in [-0.3, -0.25) is 4.79 Å². The molecule has 118 valence electrons. The van der Waals surface area contributed by atoms with E-state index in [0.29, 0.717) is 18.8 Å². The first kappa shape index (κ1) is 17.7. The molecule has 0 heterocycles. The smallest absolute Gasteiger partial charge is 0.305 e. The first-order chi connectivity index (χ1) is 9.90. The Bertz CT molecular complexity index is 588. The fourth-order valence-corrected chi connectivity index (χ4v) is 2.99. The van der Waals surface area contributed by atoms with Crippen molar-refractivity contribution in [2.75, 3.05) is 20.3 Å². The van der Waals surface area contributed by atoms with Crippen molar-refractivity contribution in [1.82, 2.24) is 4.72 Å². The zero-order chi connectivity index (χ0) is 15.9. The van der Waals surface area contributed by atoms with E-state index in [0.717, 1.165) is 0 Å². The second kappa shape index (κ2) is 8.21. The molecule has 0 saturated heterocycles. The van der Waals surface area contributed by atoms with Crippen LogP contribution in [0.1, 0.15) is 19.8 Å². The van der Waals surface area contributed by atoms with Gasteiger partial charge in [0.15, 0.2) is 0 Å². The normalized spacial score (nSPS) is 11.2. The summed E-state index contributed by atoms with van der Waals surface area (Å²) in [5, 5.41) is 0.215. The average molecular weight is 336 g/mol. The number of carbonyl (C=O) groups is 1. The van der Waals surface area contributed by atoms with E-state index in [1.807, 2.05) is 0 Å². The lowest BCUT2D eigenvalue weighted by molar-refractivity contribution is -0.143. The summed E-state index contributed by atoms with van der Waals surface area (Å²) in [6, 6.07) is 4.20. The number of sulfonamides is 1. The number of benzene rings is 1. The molecule has 6 nitrogen and oxygen atoms in total. The Kier molecular flexibility index (Phi) is 6.94. The fourth-order valence-electron chi connectivity index (χ4n) is 1.57. The number of carbonyl (C=O) groups excluding carboxylic acids is 1. The predicted molar refractivity (Wildman–Crippen MR) is 79.1 cm³/mol. The standard InChI is InChI=1S/C13H18ClNO5S/c1-3-20-13(16)5-4-8-15-21(17,18)10-6-7-12(19-2)11(14)9-10/h6-7,9,15H,3-5,8H2,1-2H3. The van der Waals surface area contributed by atoms with Gasteiger partial charge in [0.25, 0.3) is 0 Å². The van der Waals surface area contributed by atoms with Gasteiger partial charge in [-0.15, -0.1) is 0 Å². The zero-order valence-corrected chi connectivity index (χ0v) is 13.5. The van der Waals surface area contributed by atoms with Gasteiger partial charge in [0, 0.05) is 13.0 Å². The van der Waals surface area contributed by atoms with E-state index in [4.69, 9.17) is 21.1 Å². The zero-order valence-electron chi connectivity index (χ0n) is 11.9. The van der Waals surface area contributed by atoms with Crippen LogP contribution < -0.4 is 9.46 Å². The highest BCUT2D eigenvalue weighted by molar-refractivity contribution is 7.89. The molecule has 0 fully saturated rings. The molecule has 1 N–H and O–H groups in total. The number of rotatable bonds is 8. The Morgan fingerprint density at radius 1 is 1.38 bits per heavy atom. The number of esters is 1. The number of nitrogens with one attached hydrogen (secondary N) is 1. The van der Waals surface area contributed by atoms with Gasteiger partial charge in [-0.25, -0.2) is 13.1 Å². The van der Waals surface area contributed by atoms with Crippen LogP contribution in [0.4, 0.5) is 0 Å². The highest BCUT2D eigenvalue weighted by atomic mass is 35.5. The quantitative estimate of drug-likeness (QED) is 0.580. The number of methoxy groups -OCH3 is 1. The molecule has 0 aliphatic carbocycles. The first-order valence-corrected chi connectivity index (χ1v) is 8.25. The van der Waals surface area contributed by atoms with Crippen LogP contribution in [-0.2, 0) is 19.6 Å². The maximum absolute atomic E-state index is 12.0. The minimum atomic E-state index is -3.66. The topological polar surface area (TPSA) is 81.7 Å². The molecule has 0 radical (unpaired) electrons. The Hall–Kier alpha value is -1.31. The van der Waals surface area contributed by atoms with Crippen molar-refractivity contribution in [3.8, 4) is 5.75 Å². The number of hydrogen-bond donors (Lipinski definition) is 1. The third-order valence-electron chi connectivity index (χ3n) is 2.59. The molecule has 0 bridgehead atoms. The van der Waals surface area contributed by atoms with Gasteiger partial charge >= 0.3 is 5.97 Å². The third kappa shape index (κ3) is 5.53. The van der Waals surface area contributed by atoms with Crippen molar-refractivity contribution in [2.24, 2.45) is 0 Å². The van der Waals surface area contributed by atoms with Crippen molar-refractivity contribution in [3.05, 3.63) is 23.2 Å². The van der Waals surface area contributed by atoms with E-state index in [1.165, 1.54) is 25.3 Å². The van der Waals surface area contributed by atoms with Gasteiger partial charge < -0.3 is 9.47 Å². The molecule has 0 unspecified atom stereocenters. The molecule has 0 aliphatic rings. The van der Waals surface area contributed by atoms with Crippen LogP contribution in [0.5, 0.6) is 5.75 Å². The van der Waals surface area contributed by atoms with Crippen LogP contribution >= 0.6 is 11.6 Å². The lowest BCUT2D eigenvalue weighted by Gasteiger charge is -2.08. The monoisotopic (exact) mass is 335 g/mol. The lowest BCUT2D eigenvalue weighted by atomic mass is 10.3. The first-order valence-electron chi connectivity index (χ1n) is 6.39. The summed E-state index contributed by atoms with van der Waals surface area (Å²) in [5.41, 5.74) is 0. The molecule has 0 saturated carbocycles. The molecular formula is C13H18ClNO5S. The van der Waals surface area contributed by atoms with Crippen molar-refractivity contribution in [1.29, 1.82) is 0 Å². The minimum absolute atomic E-state index is 0.0458. The summed E-state index contributed by atoms with van der Waals surface area (Å²) in [6.45, 7) is 2.17. The second-order valence-corrected chi connectivity index (χ2v) is 6.28. The summed E-state index contributed by atoms with van der Waals surface area (Å²) < 4.78 is 36.2. The summed E-state index contributed by atoms with van der Waals surface area (Å²) >= 11 is 5.89. The lowest BCUT2D eigenvalue weighted by Crippen LogP contribution is -2.25. The van der Waals surface area contributed by atoms with Gasteiger partial charge in [-0.2, -0.15) is 0 Å². The third-order valence-corrected chi connectivity index (χ3v) is 4.34. The van der Waals surface area contributed by atoms with E-state index < -0.39 is 10.0 Å². The molecule has 8 heteroatoms. The summed E-state index contributed by atoms with van der Waals surface area (Å²) in [5.74, 6) is 0.0575. The second-order valence-electron chi connectivity index (χ2n) is 4.10. The van der Waals surface area contributed by atoms with Gasteiger partial charge in [0.05, 0.1) is 23.6 Å². The molecule has 0 aromatic heterocycles. The molecule has 1 rings (SSSR count). The van der Waals surface area contributed by atoms with E-state index in [9.17, 15) is 13.2 Å². The average Bonchev–Trinajstić information content (AvgIpc) is 2.44. The fraction of sp³-hybridized carbons (Fsp3) is 0.462. The summed E-state index contributed by atoms with van der Waals surface area (Å²) in [7, 11) is -2.21. The molecule has 21 heavy (non-hydrogen) atoms. The molecule has 0 amide bonds. The van der Waals surface area contributed by atoms with Crippen LogP contribution in [0.25, 0.3) is 0 Å². The van der Waals surface area contributed by atoms with E-state index in [1.54, 1.807) is 6.92 Å². The van der Waals surface area contributed by atoms with Crippen LogP contribution in [0.15, 0.2) is 23.1 Å². The minimum Gasteiger partial charge on any atom is -0.495 e. The van der Waals surface area contributed by atoms with Crippen molar-refractivity contribution in [2.45, 2.75) is 24.7 Å². The summed E-state index contributed by atoms with van der Waals surface area (Å²) in [4.78, 5) is 11.2. The molecule has 0 atom stereocenters. The Morgan fingerprint density at radius 2 is 2.10 bits per heavy atom. The Labute approximate surface area is 129 Å². The van der Waals surface area contributed by atoms with E-state index in [2.05, 4.69) is 4.72 Å². The maximum atomic E-state index is 12.0. The number of hydrogen-bond acceptors (Lipinski definition) is 5. The van der Waals surface area contributed by atoms with Crippen molar-refractivity contribution < 1.29 is 22.7 Å². The van der Waals surface area contributed by atoms with E-state index in [-0.39, 0.29) is 28.9 Å². The van der Waals surface area contributed by atoms with Gasteiger partial charge in [0.2, 0.25) is 10.0 Å². The number of ether oxygens (including phenoxy) is 2. The molecule has 0 aliphatic heterocycles. The van der Waals surface area contributed by atoms with E-state index >= 15 is 0 Å². The largest absolute Gasteiger partial charge is 0.495 e. The van der Waals surface area contributed by atoms with Crippen molar-refractivity contribution in [3.63, 3.8) is 0 Å². The summed E-state index contributed by atoms with van der Waals surface area (Å²) in [6.07, 6.45) is 0.529. The predicted octanol–water partition coefficient (Wildman–Crippen LogP) is 1.97. The maximum Gasteiger partial charge on any atom is 0.305 e. The van der Waals surface area contributed by atoms with Crippen molar-refractivity contribution >= 4 is 27.6 Å². The Morgan fingerprint density at radius 3 is 2.67 bits per heavy atom. The van der Waals surface area contributed by atoms with Crippen LogP contribution in [-0.4, -0.2) is 34.6 Å². The number of halogens is 1. The highest BCUT2D eigenvalue weighted by Crippen LogP contribution is 2.26. The van der Waals surface area contributed by atoms with Crippen LogP contribution in [0.3, 0.4) is 0 Å². The molecule has 1 aromatic carbocycles. The highest BCUT2D eigenvalue weighted by Gasteiger charge is 2.15. The Balaban J connectivity index is 2.58.